The molecule has 0 atom stereocenters. The van der Waals surface area contributed by atoms with E-state index in [0.717, 1.165) is 0 Å². The van der Waals surface area contributed by atoms with Crippen molar-refractivity contribution in [3.63, 3.8) is 0 Å². The summed E-state index contributed by atoms with van der Waals surface area (Å²) in [6, 6.07) is 13.6. The van der Waals surface area contributed by atoms with Crippen molar-refractivity contribution in [2.75, 3.05) is 0 Å². The lowest BCUT2D eigenvalue weighted by molar-refractivity contribution is 0.0697. The van der Waals surface area contributed by atoms with Crippen LogP contribution in [0.25, 0.3) is 16.9 Å². The number of hydrogen-bond acceptors (Lipinski definition) is 4. The van der Waals surface area contributed by atoms with E-state index in [2.05, 4.69) is 10.3 Å². The van der Waals surface area contributed by atoms with Gasteiger partial charge in [0, 0.05) is 5.56 Å². The van der Waals surface area contributed by atoms with Crippen LogP contribution in [0.4, 0.5) is 4.39 Å². The number of rotatable bonds is 3. The molecule has 0 unspecified atom stereocenters. The van der Waals surface area contributed by atoms with Crippen LogP contribution in [0.15, 0.2) is 48.5 Å². The quantitative estimate of drug-likeness (QED) is 0.803. The molecule has 0 saturated heterocycles. The summed E-state index contributed by atoms with van der Waals surface area (Å²) in [6.45, 7) is 0. The SMILES string of the molecule is N#Cc1nnn(-c2cccc(C(=O)O)c2)c1-c1ccc(F)cc1. The van der Waals surface area contributed by atoms with Gasteiger partial charge in [0.05, 0.1) is 11.3 Å². The third-order valence-corrected chi connectivity index (χ3v) is 3.23. The van der Waals surface area contributed by atoms with Crippen molar-refractivity contribution < 1.29 is 14.3 Å². The number of hydrogen-bond donors (Lipinski definition) is 1. The molecule has 23 heavy (non-hydrogen) atoms. The molecule has 0 bridgehead atoms. The van der Waals surface area contributed by atoms with Crippen molar-refractivity contribution >= 4 is 5.97 Å². The number of carboxylic acid groups (broad SMARTS) is 1. The fraction of sp³-hybridized carbons (Fsp3) is 0. The first-order valence-electron chi connectivity index (χ1n) is 6.55. The van der Waals surface area contributed by atoms with Crippen LogP contribution in [0.5, 0.6) is 0 Å². The van der Waals surface area contributed by atoms with Gasteiger partial charge in [-0.25, -0.2) is 13.9 Å². The van der Waals surface area contributed by atoms with Crippen LogP contribution in [0.2, 0.25) is 0 Å². The first kappa shape index (κ1) is 14.4. The third kappa shape index (κ3) is 2.65. The Morgan fingerprint density at radius 2 is 1.96 bits per heavy atom. The zero-order valence-electron chi connectivity index (χ0n) is 11.6. The maximum absolute atomic E-state index is 13.1. The Kier molecular flexibility index (Phi) is 3.57. The molecule has 0 fully saturated rings. The number of halogens is 1. The van der Waals surface area contributed by atoms with Crippen LogP contribution in [-0.4, -0.2) is 26.1 Å². The highest BCUT2D eigenvalue weighted by atomic mass is 19.1. The Labute approximate surface area is 130 Å². The molecule has 0 saturated carbocycles. The minimum absolute atomic E-state index is 0.0670. The summed E-state index contributed by atoms with van der Waals surface area (Å²) < 4.78 is 14.5. The molecule has 0 aliphatic rings. The van der Waals surface area contributed by atoms with E-state index >= 15 is 0 Å². The third-order valence-electron chi connectivity index (χ3n) is 3.23. The van der Waals surface area contributed by atoms with E-state index in [1.165, 1.54) is 41.1 Å². The number of aromatic nitrogens is 3. The average molecular weight is 308 g/mol. The Morgan fingerprint density at radius 1 is 1.22 bits per heavy atom. The molecule has 1 N–H and O–H groups in total. The van der Waals surface area contributed by atoms with Crippen molar-refractivity contribution in [3.05, 3.63) is 65.6 Å². The van der Waals surface area contributed by atoms with Gasteiger partial charge in [-0.2, -0.15) is 5.26 Å². The number of nitrogens with zero attached hydrogens (tertiary/aromatic N) is 4. The molecule has 7 heteroatoms. The Balaban J connectivity index is 2.20. The van der Waals surface area contributed by atoms with Gasteiger partial charge < -0.3 is 5.11 Å². The van der Waals surface area contributed by atoms with Crippen molar-refractivity contribution in [3.8, 4) is 23.0 Å². The van der Waals surface area contributed by atoms with Crippen LogP contribution in [0.3, 0.4) is 0 Å². The zero-order valence-corrected chi connectivity index (χ0v) is 11.6. The summed E-state index contributed by atoms with van der Waals surface area (Å²) in [7, 11) is 0. The van der Waals surface area contributed by atoms with Gasteiger partial charge >= 0.3 is 5.97 Å². The number of aromatic carboxylic acids is 1. The molecule has 0 spiro atoms. The maximum Gasteiger partial charge on any atom is 0.335 e. The second-order valence-corrected chi connectivity index (χ2v) is 4.67. The molecule has 112 valence electrons. The molecule has 3 rings (SSSR count). The van der Waals surface area contributed by atoms with Gasteiger partial charge in [-0.05, 0) is 42.5 Å². The van der Waals surface area contributed by atoms with E-state index < -0.39 is 11.8 Å². The number of benzene rings is 2. The first-order valence-corrected chi connectivity index (χ1v) is 6.55. The molecule has 1 heterocycles. The second kappa shape index (κ2) is 5.69. The second-order valence-electron chi connectivity index (χ2n) is 4.67. The lowest BCUT2D eigenvalue weighted by Crippen LogP contribution is -2.03. The molecule has 3 aromatic rings. The average Bonchev–Trinajstić information content (AvgIpc) is 2.99. The van der Waals surface area contributed by atoms with E-state index in [-0.39, 0.29) is 11.3 Å². The molecular formula is C16H9FN4O2. The normalized spacial score (nSPS) is 10.3. The molecule has 2 aromatic carbocycles. The number of carboxylic acids is 1. The highest BCUT2D eigenvalue weighted by Crippen LogP contribution is 2.25. The fourth-order valence-corrected chi connectivity index (χ4v) is 2.18. The minimum Gasteiger partial charge on any atom is -0.478 e. The monoisotopic (exact) mass is 308 g/mol. The van der Waals surface area contributed by atoms with Gasteiger partial charge in [0.25, 0.3) is 0 Å². The van der Waals surface area contributed by atoms with E-state index in [4.69, 9.17) is 5.11 Å². The van der Waals surface area contributed by atoms with Crippen LogP contribution >= 0.6 is 0 Å². The number of carbonyl (C=O) groups is 1. The molecule has 0 aliphatic heterocycles. The van der Waals surface area contributed by atoms with Crippen LogP contribution in [0, 0.1) is 17.1 Å². The Morgan fingerprint density at radius 3 is 2.61 bits per heavy atom. The molecule has 0 radical (unpaired) electrons. The summed E-state index contributed by atoms with van der Waals surface area (Å²) in [5.74, 6) is -1.48. The standard InChI is InChI=1S/C16H9FN4O2/c17-12-6-4-10(5-7-12)15-14(9-18)19-20-21(15)13-3-1-2-11(8-13)16(22)23/h1-8H,(H,22,23). The molecule has 6 nitrogen and oxygen atoms in total. The van der Waals surface area contributed by atoms with E-state index in [1.807, 2.05) is 6.07 Å². The van der Waals surface area contributed by atoms with E-state index in [1.54, 1.807) is 12.1 Å². The van der Waals surface area contributed by atoms with E-state index in [0.29, 0.717) is 16.9 Å². The smallest absolute Gasteiger partial charge is 0.335 e. The first-order chi connectivity index (χ1) is 11.1. The van der Waals surface area contributed by atoms with Crippen molar-refractivity contribution in [1.82, 2.24) is 15.0 Å². The maximum atomic E-state index is 13.1. The van der Waals surface area contributed by atoms with Crippen molar-refractivity contribution in [2.24, 2.45) is 0 Å². The van der Waals surface area contributed by atoms with E-state index in [9.17, 15) is 14.4 Å². The van der Waals surface area contributed by atoms with Gasteiger partial charge in [-0.15, -0.1) is 5.10 Å². The fourth-order valence-electron chi connectivity index (χ4n) is 2.18. The molecule has 0 amide bonds. The van der Waals surface area contributed by atoms with Crippen LogP contribution in [0.1, 0.15) is 16.1 Å². The lowest BCUT2D eigenvalue weighted by Gasteiger charge is -2.07. The lowest BCUT2D eigenvalue weighted by atomic mass is 10.1. The minimum atomic E-state index is -1.07. The highest BCUT2D eigenvalue weighted by Gasteiger charge is 2.17. The molecule has 0 aliphatic carbocycles. The predicted octanol–water partition coefficient (Wildman–Crippen LogP) is 2.64. The van der Waals surface area contributed by atoms with Crippen LogP contribution in [-0.2, 0) is 0 Å². The van der Waals surface area contributed by atoms with Gasteiger partial charge in [0.1, 0.15) is 17.6 Å². The van der Waals surface area contributed by atoms with Crippen molar-refractivity contribution in [1.29, 1.82) is 5.26 Å². The van der Waals surface area contributed by atoms with Crippen LogP contribution < -0.4 is 0 Å². The summed E-state index contributed by atoms with van der Waals surface area (Å²) >= 11 is 0. The predicted molar refractivity (Wildman–Crippen MR) is 78.4 cm³/mol. The van der Waals surface area contributed by atoms with Gasteiger partial charge in [0.15, 0.2) is 5.69 Å². The summed E-state index contributed by atoms with van der Waals surface area (Å²) in [6.07, 6.45) is 0. The molecular weight excluding hydrogens is 299 g/mol. The van der Waals surface area contributed by atoms with Crippen molar-refractivity contribution in [2.45, 2.75) is 0 Å². The topological polar surface area (TPSA) is 91.8 Å². The van der Waals surface area contributed by atoms with Gasteiger partial charge in [-0.1, -0.05) is 11.3 Å². The summed E-state index contributed by atoms with van der Waals surface area (Å²) in [5, 5.41) is 26.0. The number of nitriles is 1. The molecule has 1 aromatic heterocycles. The van der Waals surface area contributed by atoms with Gasteiger partial charge in [-0.3, -0.25) is 0 Å². The zero-order chi connectivity index (χ0) is 16.4. The largest absolute Gasteiger partial charge is 0.478 e. The Hall–Kier alpha value is -3.53. The summed E-state index contributed by atoms with van der Waals surface area (Å²) in [4.78, 5) is 11.1. The highest BCUT2D eigenvalue weighted by molar-refractivity contribution is 5.88. The Bertz CT molecular complexity index is 926. The van der Waals surface area contributed by atoms with Gasteiger partial charge in [0.2, 0.25) is 0 Å². The summed E-state index contributed by atoms with van der Waals surface area (Å²) in [5.41, 5.74) is 1.51.